The summed E-state index contributed by atoms with van der Waals surface area (Å²) in [5, 5.41) is 2.49. The minimum Gasteiger partial charge on any atom is -0.759 e. The Morgan fingerprint density at radius 3 is 1.36 bits per heavy atom. The second kappa shape index (κ2) is 15.2. The quantitative estimate of drug-likeness (QED) is 0.193. The van der Waals surface area contributed by atoms with E-state index in [1.54, 1.807) is 6.92 Å². The van der Waals surface area contributed by atoms with Crippen LogP contribution in [0.1, 0.15) is 6.92 Å². The molecule has 0 aromatic rings. The van der Waals surface area contributed by atoms with Gasteiger partial charge in [0.05, 0.1) is 6.54 Å². The van der Waals surface area contributed by atoms with E-state index in [-0.39, 0.29) is 103 Å². The summed E-state index contributed by atoms with van der Waals surface area (Å²) in [5.41, 5.74) is 0. The van der Waals surface area contributed by atoms with E-state index in [0.717, 1.165) is 0 Å². The number of nitrogens with zero attached hydrogens (tertiary/aromatic N) is 1. The average molecular weight is 233 g/mol. The van der Waals surface area contributed by atoms with Gasteiger partial charge in [0.25, 0.3) is 0 Å². The Morgan fingerprint density at radius 1 is 1.27 bits per heavy atom. The summed E-state index contributed by atoms with van der Waals surface area (Å²) < 4.78 is 34.1. The first-order chi connectivity index (χ1) is 3.91. The average Bonchev–Trinajstić information content (AvgIpc) is 1.61. The third kappa shape index (κ3) is 105. The van der Waals surface area contributed by atoms with Gasteiger partial charge in [0.2, 0.25) is 0 Å². The molecule has 0 radical (unpaired) electrons. The Balaban J connectivity index is -0.0000000383. The first-order valence-electron chi connectivity index (χ1n) is 1.87. The van der Waals surface area contributed by atoms with Crippen LogP contribution in [0.2, 0.25) is 0 Å². The number of hydrogen-bond acceptors (Lipinski definition) is 6. The molecule has 0 atom stereocenters. The summed E-state index contributed by atoms with van der Waals surface area (Å²) in [6.45, 7) is 2.09. The Morgan fingerprint density at radius 2 is 1.36 bits per heavy atom. The van der Waals surface area contributed by atoms with E-state index in [9.17, 15) is 0 Å². The van der Waals surface area contributed by atoms with E-state index in [1.165, 1.54) is 0 Å². The molecule has 11 heavy (non-hydrogen) atoms. The Bertz CT molecular complexity index is 148. The van der Waals surface area contributed by atoms with Gasteiger partial charge >= 0.3 is 103 Å². The maximum atomic E-state index is 8.92. The Labute approximate surface area is 150 Å². The SMILES string of the molecule is CCN=O.O=S(=O)([O-])[O-].[K+].[K+]. The first kappa shape index (κ1) is 23.5. The van der Waals surface area contributed by atoms with Crippen molar-refractivity contribution in [1.82, 2.24) is 0 Å². The smallest absolute Gasteiger partial charge is 0.759 e. The molecule has 0 aliphatic heterocycles. The maximum Gasteiger partial charge on any atom is 1.00 e. The molecular weight excluding hydrogens is 228 g/mol. The molecule has 0 aromatic carbocycles. The van der Waals surface area contributed by atoms with E-state index in [0.29, 0.717) is 6.54 Å². The van der Waals surface area contributed by atoms with Gasteiger partial charge < -0.3 is 9.11 Å². The van der Waals surface area contributed by atoms with Crippen LogP contribution in [0.4, 0.5) is 0 Å². The van der Waals surface area contributed by atoms with Crippen molar-refractivity contribution in [2.24, 2.45) is 5.18 Å². The van der Waals surface area contributed by atoms with Crippen molar-refractivity contribution in [2.45, 2.75) is 6.92 Å². The number of hydrogen-bond donors (Lipinski definition) is 0. The number of rotatable bonds is 1. The van der Waals surface area contributed by atoms with Gasteiger partial charge in [-0.1, -0.05) is 5.18 Å². The minimum atomic E-state index is -5.17. The molecule has 0 unspecified atom stereocenters. The van der Waals surface area contributed by atoms with Gasteiger partial charge in [-0.05, 0) is 6.92 Å². The van der Waals surface area contributed by atoms with Crippen molar-refractivity contribution in [3.63, 3.8) is 0 Å². The fourth-order valence-electron chi connectivity index (χ4n) is 0. The molecular formula is C2H5K2NO5S. The fraction of sp³-hybridized carbons (Fsp3) is 1.00. The van der Waals surface area contributed by atoms with E-state index in [4.69, 9.17) is 22.4 Å². The first-order valence-corrected chi connectivity index (χ1v) is 3.21. The topological polar surface area (TPSA) is 110 Å². The molecule has 0 heterocycles. The van der Waals surface area contributed by atoms with E-state index in [2.05, 4.69) is 5.18 Å². The predicted octanol–water partition coefficient (Wildman–Crippen LogP) is -6.56. The van der Waals surface area contributed by atoms with Crippen molar-refractivity contribution in [1.29, 1.82) is 0 Å². The summed E-state index contributed by atoms with van der Waals surface area (Å²) in [4.78, 5) is 8.92. The molecule has 0 amide bonds. The summed E-state index contributed by atoms with van der Waals surface area (Å²) in [5.74, 6) is 0. The van der Waals surface area contributed by atoms with Gasteiger partial charge in [0.15, 0.2) is 0 Å². The largest absolute Gasteiger partial charge is 1.00 e. The van der Waals surface area contributed by atoms with E-state index >= 15 is 0 Å². The molecule has 0 aromatic heterocycles. The monoisotopic (exact) mass is 233 g/mol. The second-order valence-corrected chi connectivity index (χ2v) is 1.67. The molecule has 0 saturated heterocycles. The summed E-state index contributed by atoms with van der Waals surface area (Å²) >= 11 is 0. The van der Waals surface area contributed by atoms with Crippen molar-refractivity contribution in [2.75, 3.05) is 6.54 Å². The van der Waals surface area contributed by atoms with Gasteiger partial charge in [-0.2, -0.15) is 4.91 Å². The molecule has 0 N–H and O–H groups in total. The Hall–Kier alpha value is 2.74. The van der Waals surface area contributed by atoms with Crippen molar-refractivity contribution < 1.29 is 120 Å². The van der Waals surface area contributed by atoms with Gasteiger partial charge in [0.1, 0.15) is 0 Å². The van der Waals surface area contributed by atoms with Crippen LogP contribution in [0.3, 0.4) is 0 Å². The normalized spacial score (nSPS) is 7.55. The molecule has 0 rings (SSSR count). The fourth-order valence-corrected chi connectivity index (χ4v) is 0. The van der Waals surface area contributed by atoms with Crippen LogP contribution in [-0.4, -0.2) is 24.1 Å². The summed E-state index contributed by atoms with van der Waals surface area (Å²) in [6.07, 6.45) is 0. The molecule has 6 nitrogen and oxygen atoms in total. The van der Waals surface area contributed by atoms with Gasteiger partial charge in [0, 0.05) is 10.4 Å². The van der Waals surface area contributed by atoms with Crippen LogP contribution in [-0.2, 0) is 10.4 Å². The van der Waals surface area contributed by atoms with Crippen molar-refractivity contribution in [3.8, 4) is 0 Å². The van der Waals surface area contributed by atoms with E-state index in [1.807, 2.05) is 0 Å². The molecule has 0 aliphatic rings. The summed E-state index contributed by atoms with van der Waals surface area (Å²) in [7, 11) is -5.17. The predicted molar refractivity (Wildman–Crippen MR) is 26.8 cm³/mol. The van der Waals surface area contributed by atoms with Crippen LogP contribution in [0.5, 0.6) is 0 Å². The van der Waals surface area contributed by atoms with Crippen molar-refractivity contribution >= 4 is 10.4 Å². The van der Waals surface area contributed by atoms with E-state index < -0.39 is 10.4 Å². The zero-order valence-electron chi connectivity index (χ0n) is 6.60. The van der Waals surface area contributed by atoms with Crippen LogP contribution in [0.25, 0.3) is 0 Å². The molecule has 0 bridgehead atoms. The third-order valence-corrected chi connectivity index (χ3v) is 0.129. The standard InChI is InChI=1S/C2H5NO.2K.H2O4S/c1-2-3-4;;;1-5(2,3)4/h2H2,1H3;;;(H2,1,2,3,4)/q;2*+1;/p-2. The summed E-state index contributed by atoms with van der Waals surface area (Å²) in [6, 6.07) is 0. The third-order valence-electron chi connectivity index (χ3n) is 0.129. The molecule has 0 aliphatic carbocycles. The van der Waals surface area contributed by atoms with Crippen LogP contribution in [0, 0.1) is 4.91 Å². The van der Waals surface area contributed by atoms with Gasteiger partial charge in [-0.25, -0.2) is 0 Å². The van der Waals surface area contributed by atoms with Crippen molar-refractivity contribution in [3.05, 3.63) is 4.91 Å². The minimum absolute atomic E-state index is 0. The Kier molecular flexibility index (Phi) is 32.5. The van der Waals surface area contributed by atoms with Crippen LogP contribution >= 0.6 is 0 Å². The molecule has 56 valence electrons. The zero-order valence-corrected chi connectivity index (χ0v) is 13.7. The molecule has 0 spiro atoms. The van der Waals surface area contributed by atoms with Gasteiger partial charge in [-0.15, -0.1) is 0 Å². The number of nitroso groups, excluding NO2 is 1. The zero-order chi connectivity index (χ0) is 7.91. The molecule has 0 saturated carbocycles. The molecule has 0 fully saturated rings. The maximum absolute atomic E-state index is 8.92. The van der Waals surface area contributed by atoms with Crippen LogP contribution < -0.4 is 103 Å². The second-order valence-electron chi connectivity index (χ2n) is 0.854. The van der Waals surface area contributed by atoms with Gasteiger partial charge in [-0.3, -0.25) is 8.42 Å². The van der Waals surface area contributed by atoms with Crippen LogP contribution in [0.15, 0.2) is 5.18 Å². The molecule has 9 heteroatoms.